The van der Waals surface area contributed by atoms with Gasteiger partial charge in [-0.25, -0.2) is 0 Å². The maximum Gasteiger partial charge on any atom is 0.166 e. The molecule has 0 amide bonds. The first kappa shape index (κ1) is 13.5. The number of Topliss-reactive ketones (excluding diaryl/α,β-unsaturated/α-hetero) is 1. The average Bonchev–Trinajstić information content (AvgIpc) is 2.40. The van der Waals surface area contributed by atoms with Crippen molar-refractivity contribution < 1.29 is 9.53 Å². The molecule has 1 aromatic carbocycles. The van der Waals surface area contributed by atoms with Crippen molar-refractivity contribution >= 4 is 17.4 Å². The van der Waals surface area contributed by atoms with E-state index in [2.05, 4.69) is 4.90 Å². The second-order valence-corrected chi connectivity index (χ2v) is 5.12. The van der Waals surface area contributed by atoms with Gasteiger partial charge in [0, 0.05) is 36.1 Å². The van der Waals surface area contributed by atoms with Crippen LogP contribution < -0.4 is 0 Å². The maximum atomic E-state index is 12.2. The van der Waals surface area contributed by atoms with Gasteiger partial charge in [-0.2, -0.15) is 0 Å². The molecule has 1 unspecified atom stereocenters. The molecule has 3 nitrogen and oxygen atoms in total. The Bertz CT molecular complexity index is 399. The molecule has 1 aliphatic rings. The largest absolute Gasteiger partial charge is 0.379 e. The minimum atomic E-state index is 0.00396. The minimum Gasteiger partial charge on any atom is -0.379 e. The zero-order chi connectivity index (χ0) is 13.0. The lowest BCUT2D eigenvalue weighted by molar-refractivity contribution is 0.0313. The first-order valence-electron chi connectivity index (χ1n) is 6.26. The summed E-state index contributed by atoms with van der Waals surface area (Å²) in [5.41, 5.74) is 0.736. The van der Waals surface area contributed by atoms with Crippen LogP contribution in [0, 0.1) is 5.92 Å². The first-order valence-corrected chi connectivity index (χ1v) is 6.64. The molecule has 2 rings (SSSR count). The Morgan fingerprint density at radius 3 is 2.56 bits per heavy atom. The molecule has 1 aromatic rings. The van der Waals surface area contributed by atoms with Crippen molar-refractivity contribution in [2.24, 2.45) is 5.92 Å². The number of rotatable bonds is 4. The number of nitrogens with zero attached hydrogens (tertiary/aromatic N) is 1. The van der Waals surface area contributed by atoms with Crippen molar-refractivity contribution in [1.29, 1.82) is 0 Å². The van der Waals surface area contributed by atoms with Crippen LogP contribution >= 0.6 is 11.6 Å². The van der Waals surface area contributed by atoms with E-state index in [-0.39, 0.29) is 11.7 Å². The summed E-state index contributed by atoms with van der Waals surface area (Å²) in [6.45, 7) is 6.14. The van der Waals surface area contributed by atoms with Crippen LogP contribution in [0.1, 0.15) is 17.3 Å². The Kier molecular flexibility index (Phi) is 4.75. The smallest absolute Gasteiger partial charge is 0.166 e. The SMILES string of the molecule is CC(CN1CCOCC1)C(=O)c1ccc(Cl)cc1. The molecule has 1 saturated heterocycles. The van der Waals surface area contributed by atoms with E-state index < -0.39 is 0 Å². The Morgan fingerprint density at radius 2 is 1.94 bits per heavy atom. The fourth-order valence-corrected chi connectivity index (χ4v) is 2.28. The Hall–Kier alpha value is -0.900. The normalized spacial score (nSPS) is 18.6. The van der Waals surface area contributed by atoms with Crippen molar-refractivity contribution in [3.05, 3.63) is 34.9 Å². The van der Waals surface area contributed by atoms with E-state index in [4.69, 9.17) is 16.3 Å². The van der Waals surface area contributed by atoms with E-state index in [9.17, 15) is 4.79 Å². The molecule has 0 aromatic heterocycles. The molecule has 0 N–H and O–H groups in total. The summed E-state index contributed by atoms with van der Waals surface area (Å²) in [7, 11) is 0. The Morgan fingerprint density at radius 1 is 1.33 bits per heavy atom. The third-order valence-corrected chi connectivity index (χ3v) is 3.46. The van der Waals surface area contributed by atoms with Crippen LogP contribution in [-0.2, 0) is 4.74 Å². The molecule has 0 spiro atoms. The van der Waals surface area contributed by atoms with Crippen molar-refractivity contribution in [2.75, 3.05) is 32.8 Å². The van der Waals surface area contributed by atoms with E-state index in [1.165, 1.54) is 0 Å². The van der Waals surface area contributed by atoms with E-state index in [0.717, 1.165) is 38.4 Å². The summed E-state index contributed by atoms with van der Waals surface area (Å²) >= 11 is 5.82. The molecule has 0 bridgehead atoms. The predicted octanol–water partition coefficient (Wildman–Crippen LogP) is 2.49. The molecule has 4 heteroatoms. The molecule has 1 atom stereocenters. The van der Waals surface area contributed by atoms with Gasteiger partial charge in [0.15, 0.2) is 5.78 Å². The highest BCUT2D eigenvalue weighted by Crippen LogP contribution is 2.14. The van der Waals surface area contributed by atoms with Crippen molar-refractivity contribution in [2.45, 2.75) is 6.92 Å². The number of halogens is 1. The van der Waals surface area contributed by atoms with E-state index >= 15 is 0 Å². The van der Waals surface area contributed by atoms with Gasteiger partial charge in [-0.3, -0.25) is 9.69 Å². The van der Waals surface area contributed by atoms with Gasteiger partial charge in [-0.1, -0.05) is 18.5 Å². The number of morpholine rings is 1. The summed E-state index contributed by atoms with van der Waals surface area (Å²) in [5.74, 6) is 0.183. The summed E-state index contributed by atoms with van der Waals surface area (Å²) in [4.78, 5) is 14.5. The van der Waals surface area contributed by atoms with Gasteiger partial charge in [0.25, 0.3) is 0 Å². The highest BCUT2D eigenvalue weighted by molar-refractivity contribution is 6.30. The van der Waals surface area contributed by atoms with Gasteiger partial charge in [0.05, 0.1) is 13.2 Å². The van der Waals surface area contributed by atoms with Crippen LogP contribution in [0.25, 0.3) is 0 Å². The van der Waals surface area contributed by atoms with Gasteiger partial charge < -0.3 is 4.74 Å². The fourth-order valence-electron chi connectivity index (χ4n) is 2.15. The van der Waals surface area contributed by atoms with Crippen LogP contribution in [0.4, 0.5) is 0 Å². The van der Waals surface area contributed by atoms with Gasteiger partial charge >= 0.3 is 0 Å². The van der Waals surface area contributed by atoms with E-state index in [1.807, 2.05) is 6.92 Å². The lowest BCUT2D eigenvalue weighted by atomic mass is 9.99. The average molecular weight is 268 g/mol. The zero-order valence-electron chi connectivity index (χ0n) is 10.6. The van der Waals surface area contributed by atoms with Crippen LogP contribution in [0.5, 0.6) is 0 Å². The number of benzene rings is 1. The minimum absolute atomic E-state index is 0.00396. The molecule has 1 heterocycles. The molecular weight excluding hydrogens is 250 g/mol. The highest BCUT2D eigenvalue weighted by Gasteiger charge is 2.19. The standard InChI is InChI=1S/C14H18ClNO2/c1-11(10-16-6-8-18-9-7-16)14(17)12-2-4-13(15)5-3-12/h2-5,11H,6-10H2,1H3. The summed E-state index contributed by atoms with van der Waals surface area (Å²) < 4.78 is 5.30. The number of ether oxygens (including phenoxy) is 1. The summed E-state index contributed by atoms with van der Waals surface area (Å²) in [6, 6.07) is 7.10. The first-order chi connectivity index (χ1) is 8.66. The van der Waals surface area contributed by atoms with Crippen molar-refractivity contribution in [1.82, 2.24) is 4.90 Å². The second kappa shape index (κ2) is 6.32. The second-order valence-electron chi connectivity index (χ2n) is 4.69. The molecule has 18 heavy (non-hydrogen) atoms. The van der Waals surface area contributed by atoms with Crippen molar-refractivity contribution in [3.8, 4) is 0 Å². The van der Waals surface area contributed by atoms with Crippen molar-refractivity contribution in [3.63, 3.8) is 0 Å². The van der Waals surface area contributed by atoms with Gasteiger partial charge in [0.1, 0.15) is 0 Å². The van der Waals surface area contributed by atoms with Gasteiger partial charge in [0.2, 0.25) is 0 Å². The number of hydrogen-bond donors (Lipinski definition) is 0. The lowest BCUT2D eigenvalue weighted by Crippen LogP contribution is -2.40. The maximum absolute atomic E-state index is 12.2. The number of carbonyl (C=O) groups is 1. The zero-order valence-corrected chi connectivity index (χ0v) is 11.3. The van der Waals surface area contributed by atoms with Crippen LogP contribution in [0.2, 0.25) is 5.02 Å². The van der Waals surface area contributed by atoms with E-state index in [0.29, 0.717) is 5.02 Å². The molecule has 0 aliphatic carbocycles. The quantitative estimate of drug-likeness (QED) is 0.785. The molecular formula is C14H18ClNO2. The predicted molar refractivity (Wildman–Crippen MR) is 72.2 cm³/mol. The van der Waals surface area contributed by atoms with Crippen LogP contribution in [0.15, 0.2) is 24.3 Å². The molecule has 0 saturated carbocycles. The topological polar surface area (TPSA) is 29.5 Å². The summed E-state index contributed by atoms with van der Waals surface area (Å²) in [5, 5.41) is 0.660. The highest BCUT2D eigenvalue weighted by atomic mass is 35.5. The van der Waals surface area contributed by atoms with Crippen LogP contribution in [0.3, 0.4) is 0 Å². The number of carbonyl (C=O) groups excluding carboxylic acids is 1. The Balaban J connectivity index is 1.93. The monoisotopic (exact) mass is 267 g/mol. The Labute approximate surface area is 113 Å². The number of hydrogen-bond acceptors (Lipinski definition) is 3. The fraction of sp³-hybridized carbons (Fsp3) is 0.500. The van der Waals surface area contributed by atoms with Crippen LogP contribution in [-0.4, -0.2) is 43.5 Å². The lowest BCUT2D eigenvalue weighted by Gasteiger charge is -2.28. The number of ketones is 1. The van der Waals surface area contributed by atoms with Gasteiger partial charge in [-0.15, -0.1) is 0 Å². The summed E-state index contributed by atoms with van der Waals surface area (Å²) in [6.07, 6.45) is 0. The van der Waals surface area contributed by atoms with Gasteiger partial charge in [-0.05, 0) is 24.3 Å². The third kappa shape index (κ3) is 3.55. The van der Waals surface area contributed by atoms with E-state index in [1.54, 1.807) is 24.3 Å². The molecule has 0 radical (unpaired) electrons. The molecule has 1 aliphatic heterocycles. The molecule has 98 valence electrons. The molecule has 1 fully saturated rings. The third-order valence-electron chi connectivity index (χ3n) is 3.21.